The van der Waals surface area contributed by atoms with Gasteiger partial charge in [0.2, 0.25) is 5.91 Å². The first-order valence-electron chi connectivity index (χ1n) is 14.0. The van der Waals surface area contributed by atoms with Gasteiger partial charge in [0.15, 0.2) is 0 Å². The van der Waals surface area contributed by atoms with Crippen LogP contribution in [0, 0.1) is 11.8 Å². The first kappa shape index (κ1) is 31.3. The van der Waals surface area contributed by atoms with Gasteiger partial charge in [0, 0.05) is 22.8 Å². The number of carbonyl (C=O) groups excluding carboxylic acids is 2. The number of hydrogen-bond donors (Lipinski definition) is 2. The second-order valence-electron chi connectivity index (χ2n) is 12.0. The highest BCUT2D eigenvalue weighted by molar-refractivity contribution is 6.35. The molecule has 1 aliphatic heterocycles. The predicted molar refractivity (Wildman–Crippen MR) is 159 cm³/mol. The molecule has 1 aromatic rings. The number of aliphatic imine (C=N–C) groups is 1. The van der Waals surface area contributed by atoms with E-state index < -0.39 is 17.2 Å². The third-order valence-corrected chi connectivity index (χ3v) is 8.36. The topological polar surface area (TPSA) is 83.0 Å². The molecule has 9 heteroatoms. The minimum Gasteiger partial charge on any atom is -0.444 e. The predicted octanol–water partition coefficient (Wildman–Crippen LogP) is 7.29. The second kappa shape index (κ2) is 13.4. The monoisotopic (exact) mass is 578 g/mol. The summed E-state index contributed by atoms with van der Waals surface area (Å²) >= 11 is 12.5. The van der Waals surface area contributed by atoms with E-state index in [1.54, 1.807) is 6.07 Å². The van der Waals surface area contributed by atoms with E-state index in [-0.39, 0.29) is 29.8 Å². The van der Waals surface area contributed by atoms with E-state index in [0.29, 0.717) is 29.4 Å². The maximum Gasteiger partial charge on any atom is 0.408 e. The molecule has 0 saturated heterocycles. The number of allylic oxidation sites excluding steroid dienone is 1. The minimum absolute atomic E-state index is 0.00541. The molecule has 0 spiro atoms. The average Bonchev–Trinajstić information content (AvgIpc) is 2.84. The highest BCUT2D eigenvalue weighted by Gasteiger charge is 2.42. The van der Waals surface area contributed by atoms with Crippen molar-refractivity contribution in [1.82, 2.24) is 15.5 Å². The van der Waals surface area contributed by atoms with Gasteiger partial charge in [-0.2, -0.15) is 0 Å². The van der Waals surface area contributed by atoms with Crippen LogP contribution in [0.15, 0.2) is 35.5 Å². The third kappa shape index (κ3) is 8.62. The Bertz CT molecular complexity index is 1040. The Morgan fingerprint density at radius 1 is 1.18 bits per heavy atom. The Morgan fingerprint density at radius 2 is 1.87 bits per heavy atom. The number of benzene rings is 1. The van der Waals surface area contributed by atoms with E-state index in [4.69, 9.17) is 32.9 Å². The standard InChI is InChI=1S/C30H44Cl2N4O3/c1-20-13-17-36(22(3)25-11-10-23(31)18-26(25)32)19-34-21(2)24(20)12-16-33-27(37)30(14-8-7-9-15-30)35-28(38)39-29(4,5)6/h10-11,13,17-22,24H,7-9,12,14-16H2,1-6H3,(H,33,37)(H,35,38)/b17-13+,34-19-/t20?,21?,22-,24-/m1/s1. The lowest BCUT2D eigenvalue weighted by atomic mass is 9.80. The molecule has 39 heavy (non-hydrogen) atoms. The zero-order valence-electron chi connectivity index (χ0n) is 24.1. The van der Waals surface area contributed by atoms with Crippen LogP contribution in [0.5, 0.6) is 0 Å². The largest absolute Gasteiger partial charge is 0.444 e. The van der Waals surface area contributed by atoms with E-state index in [1.807, 2.05) is 39.2 Å². The van der Waals surface area contributed by atoms with Crippen molar-refractivity contribution in [3.8, 4) is 0 Å². The summed E-state index contributed by atoms with van der Waals surface area (Å²) in [4.78, 5) is 32.9. The van der Waals surface area contributed by atoms with Gasteiger partial charge in [0.25, 0.3) is 0 Å². The quantitative estimate of drug-likeness (QED) is 0.356. The molecular formula is C30H44Cl2N4O3. The van der Waals surface area contributed by atoms with Crippen LogP contribution >= 0.6 is 23.2 Å². The SMILES string of the molecule is CC1/C=C/N([C@H](C)c2ccc(Cl)cc2Cl)/C=N\C(C)[C@@H]1CCNC(=O)C1(NC(=O)OC(C)(C)C)CCCCC1. The molecule has 1 saturated carbocycles. The van der Waals surface area contributed by atoms with Crippen molar-refractivity contribution in [3.05, 3.63) is 46.1 Å². The Labute approximate surface area is 243 Å². The summed E-state index contributed by atoms with van der Waals surface area (Å²) in [7, 11) is 0. The van der Waals surface area contributed by atoms with Gasteiger partial charge in [-0.25, -0.2) is 4.79 Å². The number of hydrogen-bond acceptors (Lipinski definition) is 5. The van der Waals surface area contributed by atoms with Crippen molar-refractivity contribution in [2.24, 2.45) is 16.8 Å². The lowest BCUT2D eigenvalue weighted by molar-refractivity contribution is -0.129. The molecule has 2 N–H and O–H groups in total. The fourth-order valence-corrected chi connectivity index (χ4v) is 6.03. The number of nitrogens with zero attached hydrogens (tertiary/aromatic N) is 2. The average molecular weight is 580 g/mol. The summed E-state index contributed by atoms with van der Waals surface area (Å²) in [5.74, 6) is 0.363. The molecule has 2 amide bonds. The number of nitrogens with one attached hydrogen (secondary N) is 2. The molecule has 0 radical (unpaired) electrons. The molecule has 3 rings (SSSR count). The Balaban J connectivity index is 1.61. The lowest BCUT2D eigenvalue weighted by Crippen LogP contribution is -2.60. The Kier molecular flexibility index (Phi) is 10.8. The van der Waals surface area contributed by atoms with Crippen molar-refractivity contribution in [1.29, 1.82) is 0 Å². The van der Waals surface area contributed by atoms with Gasteiger partial charge in [-0.05, 0) is 83.4 Å². The van der Waals surface area contributed by atoms with Gasteiger partial charge < -0.3 is 20.3 Å². The zero-order chi connectivity index (χ0) is 28.8. The Morgan fingerprint density at radius 3 is 2.51 bits per heavy atom. The smallest absolute Gasteiger partial charge is 0.408 e. The maximum atomic E-state index is 13.4. The van der Waals surface area contributed by atoms with Gasteiger partial charge in [-0.3, -0.25) is 9.79 Å². The molecule has 0 bridgehead atoms. The van der Waals surface area contributed by atoms with E-state index in [0.717, 1.165) is 31.2 Å². The van der Waals surface area contributed by atoms with Crippen molar-refractivity contribution < 1.29 is 14.3 Å². The first-order chi connectivity index (χ1) is 18.3. The van der Waals surface area contributed by atoms with Crippen LogP contribution < -0.4 is 10.6 Å². The van der Waals surface area contributed by atoms with Crippen LogP contribution in [0.3, 0.4) is 0 Å². The fourth-order valence-electron chi connectivity index (χ4n) is 5.47. The highest BCUT2D eigenvalue weighted by atomic mass is 35.5. The van der Waals surface area contributed by atoms with E-state index in [1.165, 1.54) is 0 Å². The van der Waals surface area contributed by atoms with Gasteiger partial charge in [-0.15, -0.1) is 0 Å². The zero-order valence-corrected chi connectivity index (χ0v) is 25.6. The number of amides is 2. The minimum atomic E-state index is -0.920. The third-order valence-electron chi connectivity index (χ3n) is 7.80. The number of ether oxygens (including phenoxy) is 1. The van der Waals surface area contributed by atoms with Crippen molar-refractivity contribution in [2.75, 3.05) is 6.54 Å². The van der Waals surface area contributed by atoms with Crippen LogP contribution in [0.1, 0.15) is 91.7 Å². The molecular weight excluding hydrogens is 535 g/mol. The summed E-state index contributed by atoms with van der Waals surface area (Å²) < 4.78 is 5.46. The molecule has 4 atom stereocenters. The molecule has 0 aromatic heterocycles. The van der Waals surface area contributed by atoms with E-state index in [9.17, 15) is 9.59 Å². The van der Waals surface area contributed by atoms with E-state index >= 15 is 0 Å². The van der Waals surface area contributed by atoms with Crippen LogP contribution in [0.2, 0.25) is 10.0 Å². The van der Waals surface area contributed by atoms with Crippen LogP contribution in [-0.2, 0) is 9.53 Å². The lowest BCUT2D eigenvalue weighted by Gasteiger charge is -2.37. The van der Waals surface area contributed by atoms with Gasteiger partial charge in [-0.1, -0.05) is 61.5 Å². The van der Waals surface area contributed by atoms with Gasteiger partial charge in [0.05, 0.1) is 18.4 Å². The van der Waals surface area contributed by atoms with E-state index in [2.05, 4.69) is 48.6 Å². The van der Waals surface area contributed by atoms with Crippen LogP contribution in [0.25, 0.3) is 0 Å². The maximum absolute atomic E-state index is 13.4. The summed E-state index contributed by atoms with van der Waals surface area (Å²) in [6, 6.07) is 5.61. The second-order valence-corrected chi connectivity index (χ2v) is 12.8. The van der Waals surface area contributed by atoms with Crippen LogP contribution in [0.4, 0.5) is 4.79 Å². The molecule has 2 unspecified atom stereocenters. The fraction of sp³-hybridized carbons (Fsp3) is 0.633. The summed E-state index contributed by atoms with van der Waals surface area (Å²) in [6.45, 7) is 12.4. The van der Waals surface area contributed by atoms with Crippen LogP contribution in [-0.4, -0.2) is 47.0 Å². The highest BCUT2D eigenvalue weighted by Crippen LogP contribution is 2.32. The van der Waals surface area contributed by atoms with Gasteiger partial charge in [0.1, 0.15) is 11.1 Å². The summed E-state index contributed by atoms with van der Waals surface area (Å²) in [6.07, 6.45) is 10.5. The number of rotatable bonds is 7. The number of carbonyl (C=O) groups is 2. The molecule has 1 aliphatic carbocycles. The number of halogens is 2. The Hall–Kier alpha value is -2.25. The summed E-state index contributed by atoms with van der Waals surface area (Å²) in [5.41, 5.74) is -0.561. The van der Waals surface area contributed by atoms with Crippen molar-refractivity contribution in [2.45, 2.75) is 103 Å². The van der Waals surface area contributed by atoms with Crippen molar-refractivity contribution in [3.63, 3.8) is 0 Å². The molecule has 1 fully saturated rings. The van der Waals surface area contributed by atoms with Gasteiger partial charge >= 0.3 is 6.09 Å². The molecule has 216 valence electrons. The first-order valence-corrected chi connectivity index (χ1v) is 14.8. The molecule has 7 nitrogen and oxygen atoms in total. The summed E-state index contributed by atoms with van der Waals surface area (Å²) in [5, 5.41) is 7.28. The number of alkyl carbamates (subject to hydrolysis) is 1. The normalized spacial score (nSPS) is 25.5. The van der Waals surface area contributed by atoms with Crippen molar-refractivity contribution >= 4 is 41.5 Å². The molecule has 1 aromatic carbocycles. The molecule has 2 aliphatic rings. The molecule has 1 heterocycles.